The highest BCUT2D eigenvalue weighted by Crippen LogP contribution is 2.29. The Kier molecular flexibility index (Phi) is 8.31. The van der Waals surface area contributed by atoms with Crippen LogP contribution in [-0.2, 0) is 23.3 Å². The molecule has 4 aromatic rings. The van der Waals surface area contributed by atoms with E-state index in [4.69, 9.17) is 14.5 Å². The van der Waals surface area contributed by atoms with Gasteiger partial charge in [0.1, 0.15) is 35.1 Å². The molecule has 0 spiro atoms. The zero-order chi connectivity index (χ0) is 31.1. The van der Waals surface area contributed by atoms with Gasteiger partial charge in [-0.2, -0.15) is 5.10 Å². The SMILES string of the molecule is Cn1nc(-c2cnc3c(n2)c(C(=O)NC2CC(NC(=O)OC(C)(C)C)C2)cn3COCC[Si](C)(C)C)c2ccc(F)cc21. The first-order chi connectivity index (χ1) is 20.2. The summed E-state index contributed by atoms with van der Waals surface area (Å²) in [5.41, 5.74) is 2.38. The molecule has 2 amide bonds. The lowest BCUT2D eigenvalue weighted by Crippen LogP contribution is -2.54. The predicted molar refractivity (Wildman–Crippen MR) is 165 cm³/mol. The minimum atomic E-state index is -1.27. The molecule has 230 valence electrons. The van der Waals surface area contributed by atoms with Crippen LogP contribution in [0.5, 0.6) is 0 Å². The van der Waals surface area contributed by atoms with Gasteiger partial charge in [0.15, 0.2) is 5.65 Å². The largest absolute Gasteiger partial charge is 0.444 e. The van der Waals surface area contributed by atoms with Gasteiger partial charge in [-0.1, -0.05) is 19.6 Å². The van der Waals surface area contributed by atoms with Crippen molar-refractivity contribution in [2.24, 2.45) is 7.05 Å². The van der Waals surface area contributed by atoms with Gasteiger partial charge in [-0.15, -0.1) is 0 Å². The van der Waals surface area contributed by atoms with Crippen LogP contribution in [0.1, 0.15) is 44.0 Å². The minimum absolute atomic E-state index is 0.0741. The molecule has 0 radical (unpaired) electrons. The summed E-state index contributed by atoms with van der Waals surface area (Å²) >= 11 is 0. The highest BCUT2D eigenvalue weighted by molar-refractivity contribution is 6.76. The Morgan fingerprint density at radius 2 is 1.86 bits per heavy atom. The zero-order valence-corrected chi connectivity index (χ0v) is 26.8. The quantitative estimate of drug-likeness (QED) is 0.197. The number of nitrogens with zero attached hydrogens (tertiary/aromatic N) is 5. The molecule has 5 rings (SSSR count). The lowest BCUT2D eigenvalue weighted by Gasteiger charge is -2.36. The molecule has 1 fully saturated rings. The average Bonchev–Trinajstić information content (AvgIpc) is 3.40. The molecule has 3 heterocycles. The Morgan fingerprint density at radius 3 is 2.56 bits per heavy atom. The molecule has 11 nitrogen and oxygen atoms in total. The zero-order valence-electron chi connectivity index (χ0n) is 25.8. The second-order valence-corrected chi connectivity index (χ2v) is 19.0. The van der Waals surface area contributed by atoms with Crippen LogP contribution in [0.2, 0.25) is 25.7 Å². The summed E-state index contributed by atoms with van der Waals surface area (Å²) in [5.74, 6) is -0.640. The van der Waals surface area contributed by atoms with E-state index in [9.17, 15) is 14.0 Å². The topological polar surface area (TPSA) is 125 Å². The Bertz CT molecular complexity index is 1660. The number of hydrogen-bond donors (Lipinski definition) is 2. The number of halogens is 1. The monoisotopic (exact) mass is 609 g/mol. The van der Waals surface area contributed by atoms with Gasteiger partial charge >= 0.3 is 6.09 Å². The van der Waals surface area contributed by atoms with Gasteiger partial charge in [0, 0.05) is 45.4 Å². The van der Waals surface area contributed by atoms with Gasteiger partial charge in [-0.05, 0) is 57.9 Å². The van der Waals surface area contributed by atoms with E-state index in [0.29, 0.717) is 53.1 Å². The molecular formula is C30H40FN7O4Si. The molecular weight excluding hydrogens is 569 g/mol. The van der Waals surface area contributed by atoms with E-state index in [0.717, 1.165) is 11.4 Å². The number of amides is 2. The van der Waals surface area contributed by atoms with Crippen LogP contribution >= 0.6 is 0 Å². The lowest BCUT2D eigenvalue weighted by atomic mass is 9.86. The Labute approximate surface area is 251 Å². The van der Waals surface area contributed by atoms with Crippen LogP contribution < -0.4 is 10.6 Å². The normalized spacial score (nSPS) is 17.2. The standard InChI is InChI=1S/C30H40FN7O4Si/c1-30(2,3)42-29(40)34-20-13-19(14-20)33-28(39)22-16-38(17-41-10-11-43(5,6)7)27-26(22)35-23(15-32-27)25-21-9-8-18(31)12-24(21)37(4)36-25/h8-9,12,15-16,19-20H,10-11,13-14,17H2,1-7H3,(H,33,39)(H,34,40). The summed E-state index contributed by atoms with van der Waals surface area (Å²) in [7, 11) is 0.476. The number of carbonyl (C=O) groups is 2. The molecule has 0 atom stereocenters. The molecule has 2 N–H and O–H groups in total. The predicted octanol–water partition coefficient (Wildman–Crippen LogP) is 5.22. The highest BCUT2D eigenvalue weighted by atomic mass is 28.3. The van der Waals surface area contributed by atoms with Crippen molar-refractivity contribution in [3.05, 3.63) is 42.0 Å². The number of ether oxygens (including phenoxy) is 2. The highest BCUT2D eigenvalue weighted by Gasteiger charge is 2.33. The molecule has 43 heavy (non-hydrogen) atoms. The van der Waals surface area contributed by atoms with Crippen molar-refractivity contribution < 1.29 is 23.5 Å². The van der Waals surface area contributed by atoms with Crippen LogP contribution in [0, 0.1) is 5.82 Å². The smallest absolute Gasteiger partial charge is 0.407 e. The number of rotatable bonds is 9. The van der Waals surface area contributed by atoms with Crippen molar-refractivity contribution in [3.63, 3.8) is 0 Å². The van der Waals surface area contributed by atoms with Crippen molar-refractivity contribution in [1.82, 2.24) is 34.9 Å². The molecule has 0 unspecified atom stereocenters. The van der Waals surface area contributed by atoms with E-state index in [1.165, 1.54) is 12.1 Å². The maximum absolute atomic E-state index is 13.9. The van der Waals surface area contributed by atoms with E-state index in [1.54, 1.807) is 34.8 Å². The number of fused-ring (bicyclic) bond motifs is 2. The third-order valence-electron chi connectivity index (χ3n) is 7.29. The van der Waals surface area contributed by atoms with Crippen LogP contribution in [0.15, 0.2) is 30.6 Å². The average molecular weight is 610 g/mol. The second-order valence-electron chi connectivity index (χ2n) is 13.4. The van der Waals surface area contributed by atoms with Crippen molar-refractivity contribution in [1.29, 1.82) is 0 Å². The van der Waals surface area contributed by atoms with Crippen molar-refractivity contribution >= 4 is 42.1 Å². The second kappa shape index (κ2) is 11.7. The Morgan fingerprint density at radius 1 is 1.14 bits per heavy atom. The summed E-state index contributed by atoms with van der Waals surface area (Å²) in [6.07, 6.45) is 4.06. The number of aromatic nitrogens is 5. The molecule has 0 saturated heterocycles. The maximum Gasteiger partial charge on any atom is 0.407 e. The maximum atomic E-state index is 13.9. The van der Waals surface area contributed by atoms with Gasteiger partial charge in [0.2, 0.25) is 0 Å². The fourth-order valence-electron chi connectivity index (χ4n) is 4.98. The molecule has 1 aliphatic rings. The summed E-state index contributed by atoms with van der Waals surface area (Å²) in [5, 5.41) is 11.2. The lowest BCUT2D eigenvalue weighted by molar-refractivity contribution is 0.0465. The van der Waals surface area contributed by atoms with Crippen LogP contribution in [-0.4, -0.2) is 68.7 Å². The summed E-state index contributed by atoms with van der Waals surface area (Å²) < 4.78 is 28.6. The minimum Gasteiger partial charge on any atom is -0.444 e. The van der Waals surface area contributed by atoms with E-state index in [1.807, 2.05) is 20.8 Å². The third kappa shape index (κ3) is 7.21. The van der Waals surface area contributed by atoms with Crippen molar-refractivity contribution in [3.8, 4) is 11.4 Å². The molecule has 3 aromatic heterocycles. The van der Waals surface area contributed by atoms with Crippen molar-refractivity contribution in [2.75, 3.05) is 6.61 Å². The summed E-state index contributed by atoms with van der Waals surface area (Å²) in [6, 6.07) is 5.31. The summed E-state index contributed by atoms with van der Waals surface area (Å²) in [4.78, 5) is 35.2. The van der Waals surface area contributed by atoms with Gasteiger partial charge in [0.05, 0.1) is 17.3 Å². The first-order valence-electron chi connectivity index (χ1n) is 14.5. The number of alkyl carbamates (subject to hydrolysis) is 1. The van der Waals surface area contributed by atoms with Crippen LogP contribution in [0.3, 0.4) is 0 Å². The first kappa shape index (κ1) is 30.6. The van der Waals surface area contributed by atoms with E-state index < -0.39 is 19.8 Å². The number of aryl methyl sites for hydroxylation is 1. The Balaban J connectivity index is 1.38. The third-order valence-corrected chi connectivity index (χ3v) is 8.99. The van der Waals surface area contributed by atoms with Gasteiger partial charge in [-0.25, -0.2) is 19.2 Å². The molecule has 13 heteroatoms. The fourth-order valence-corrected chi connectivity index (χ4v) is 5.74. The Hall–Kier alpha value is -3.84. The fraction of sp³-hybridized carbons (Fsp3) is 0.500. The summed E-state index contributed by atoms with van der Waals surface area (Å²) in [6.45, 7) is 13.2. The van der Waals surface area contributed by atoms with E-state index in [-0.39, 0.29) is 30.5 Å². The molecule has 1 aliphatic carbocycles. The van der Waals surface area contributed by atoms with Crippen molar-refractivity contribution in [2.45, 2.75) is 83.7 Å². The van der Waals surface area contributed by atoms with Gasteiger partial charge < -0.3 is 24.7 Å². The first-order valence-corrected chi connectivity index (χ1v) is 18.2. The molecule has 0 aliphatic heterocycles. The van der Waals surface area contributed by atoms with Crippen LogP contribution in [0.25, 0.3) is 33.5 Å². The number of hydrogen-bond acceptors (Lipinski definition) is 7. The molecule has 0 bridgehead atoms. The molecule has 1 aromatic carbocycles. The van der Waals surface area contributed by atoms with Gasteiger partial charge in [-0.3, -0.25) is 9.48 Å². The van der Waals surface area contributed by atoms with E-state index >= 15 is 0 Å². The van der Waals surface area contributed by atoms with Crippen LogP contribution in [0.4, 0.5) is 9.18 Å². The van der Waals surface area contributed by atoms with Gasteiger partial charge in [0.25, 0.3) is 5.91 Å². The van der Waals surface area contributed by atoms with E-state index in [2.05, 4.69) is 40.4 Å². The molecule has 1 saturated carbocycles. The number of benzene rings is 1. The number of nitrogens with one attached hydrogen (secondary N) is 2. The number of carbonyl (C=O) groups excluding carboxylic acids is 2.